The monoisotopic (exact) mass is 453 g/mol. The summed E-state index contributed by atoms with van der Waals surface area (Å²) in [7, 11) is 0. The Morgan fingerprint density at radius 1 is 1.16 bits per heavy atom. The number of unbranched alkanes of at least 4 members (excludes halogenated alkanes) is 3. The highest BCUT2D eigenvalue weighted by Crippen LogP contribution is 2.23. The molecular formula is C22H23N5O4S. The van der Waals surface area contributed by atoms with Gasteiger partial charge >= 0.3 is 5.97 Å². The zero-order valence-corrected chi connectivity index (χ0v) is 18.2. The molecule has 9 nitrogen and oxygen atoms in total. The Morgan fingerprint density at radius 3 is 2.88 bits per heavy atom. The van der Waals surface area contributed by atoms with Crippen LogP contribution in [0, 0.1) is 0 Å². The molecule has 4 aromatic rings. The van der Waals surface area contributed by atoms with E-state index >= 15 is 0 Å². The lowest BCUT2D eigenvalue weighted by molar-refractivity contribution is 0.0461. The molecule has 166 valence electrons. The molecule has 0 bridgehead atoms. The number of hydrogen-bond acceptors (Lipinski definition) is 8. The van der Waals surface area contributed by atoms with Gasteiger partial charge in [-0.3, -0.25) is 9.48 Å². The van der Waals surface area contributed by atoms with Gasteiger partial charge in [0.1, 0.15) is 12.3 Å². The standard InChI is InChI=1S/C22H23N5O4S/c28-10-6-2-1-5-9-27-12-15(25-26-27)13-31-22(30)19-14-32-21(24-19)20(29)17-11-23-18-8-4-3-7-16(17)18/h3-4,7-8,11-12,14,23,28H,1-2,5-6,9-10,13H2. The van der Waals surface area contributed by atoms with E-state index in [-0.39, 0.29) is 29.7 Å². The van der Waals surface area contributed by atoms with E-state index in [2.05, 4.69) is 20.3 Å². The maximum absolute atomic E-state index is 12.8. The second kappa shape index (κ2) is 10.3. The fourth-order valence-electron chi connectivity index (χ4n) is 3.31. The lowest BCUT2D eigenvalue weighted by atomic mass is 10.1. The van der Waals surface area contributed by atoms with E-state index in [1.54, 1.807) is 17.1 Å². The Kier molecular flexibility index (Phi) is 7.03. The fraction of sp³-hybridized carbons (Fsp3) is 0.318. The Labute approximate surface area is 188 Å². The van der Waals surface area contributed by atoms with Crippen LogP contribution in [-0.4, -0.2) is 48.4 Å². The highest BCUT2D eigenvalue weighted by Gasteiger charge is 2.20. The number of aliphatic hydroxyl groups is 1. The van der Waals surface area contributed by atoms with Gasteiger partial charge in [0.2, 0.25) is 5.78 Å². The molecule has 0 amide bonds. The van der Waals surface area contributed by atoms with E-state index < -0.39 is 5.97 Å². The zero-order valence-electron chi connectivity index (χ0n) is 17.4. The van der Waals surface area contributed by atoms with E-state index in [4.69, 9.17) is 9.84 Å². The van der Waals surface area contributed by atoms with E-state index in [1.807, 2.05) is 24.3 Å². The molecule has 0 saturated heterocycles. The quantitative estimate of drug-likeness (QED) is 0.203. The lowest BCUT2D eigenvalue weighted by Gasteiger charge is -2.00. The minimum absolute atomic E-state index is 0.0212. The molecule has 2 N–H and O–H groups in total. The van der Waals surface area contributed by atoms with Gasteiger partial charge in [-0.1, -0.05) is 36.3 Å². The number of nitrogens with one attached hydrogen (secondary N) is 1. The van der Waals surface area contributed by atoms with Gasteiger partial charge < -0.3 is 14.8 Å². The molecule has 4 rings (SSSR count). The molecule has 10 heteroatoms. The number of aryl methyl sites for hydroxylation is 1. The average Bonchev–Trinajstić information content (AvgIpc) is 3.56. The maximum Gasteiger partial charge on any atom is 0.358 e. The second-order valence-electron chi connectivity index (χ2n) is 7.30. The molecule has 0 aliphatic heterocycles. The van der Waals surface area contributed by atoms with E-state index in [9.17, 15) is 9.59 Å². The van der Waals surface area contributed by atoms with Crippen molar-refractivity contribution in [3.05, 3.63) is 64.0 Å². The van der Waals surface area contributed by atoms with Crippen LogP contribution < -0.4 is 0 Å². The van der Waals surface area contributed by atoms with Crippen molar-refractivity contribution < 1.29 is 19.4 Å². The number of esters is 1. The van der Waals surface area contributed by atoms with Crippen LogP contribution in [0.25, 0.3) is 10.9 Å². The number of ether oxygens (including phenoxy) is 1. The first-order valence-electron chi connectivity index (χ1n) is 10.4. The second-order valence-corrected chi connectivity index (χ2v) is 8.16. The van der Waals surface area contributed by atoms with Crippen LogP contribution in [0.15, 0.2) is 42.0 Å². The summed E-state index contributed by atoms with van der Waals surface area (Å²) >= 11 is 1.11. The molecule has 1 aromatic carbocycles. The first kappa shape index (κ1) is 21.8. The molecule has 0 aliphatic rings. The summed E-state index contributed by atoms with van der Waals surface area (Å²) in [5, 5.41) is 19.4. The Hall–Kier alpha value is -3.37. The highest BCUT2D eigenvalue weighted by atomic mass is 32.1. The normalized spacial score (nSPS) is 11.2. The summed E-state index contributed by atoms with van der Waals surface area (Å²) in [6, 6.07) is 7.52. The van der Waals surface area contributed by atoms with Crippen molar-refractivity contribution in [1.29, 1.82) is 0 Å². The fourth-order valence-corrected chi connectivity index (χ4v) is 4.05. The number of aliphatic hydroxyl groups excluding tert-OH is 1. The molecule has 0 spiro atoms. The number of carbonyl (C=O) groups is 2. The van der Waals surface area contributed by atoms with Crippen molar-refractivity contribution >= 4 is 34.0 Å². The Morgan fingerprint density at radius 2 is 2.00 bits per heavy atom. The maximum atomic E-state index is 12.8. The molecule has 0 radical (unpaired) electrons. The van der Waals surface area contributed by atoms with Gasteiger partial charge in [0, 0.05) is 35.6 Å². The molecule has 0 aliphatic carbocycles. The Bertz CT molecular complexity index is 1210. The van der Waals surface area contributed by atoms with Gasteiger partial charge in [-0.05, 0) is 18.9 Å². The number of fused-ring (bicyclic) bond motifs is 1. The van der Waals surface area contributed by atoms with Crippen LogP contribution in [0.5, 0.6) is 0 Å². The molecule has 3 aromatic heterocycles. The van der Waals surface area contributed by atoms with Crippen LogP contribution >= 0.6 is 11.3 Å². The molecule has 0 unspecified atom stereocenters. The van der Waals surface area contributed by atoms with Crippen LogP contribution in [0.1, 0.15) is 57.2 Å². The minimum Gasteiger partial charge on any atom is -0.454 e. The number of ketones is 1. The van der Waals surface area contributed by atoms with E-state index in [0.29, 0.717) is 11.3 Å². The largest absolute Gasteiger partial charge is 0.454 e. The number of aromatic nitrogens is 5. The number of nitrogens with zero attached hydrogens (tertiary/aromatic N) is 4. The Balaban J connectivity index is 1.31. The van der Waals surface area contributed by atoms with E-state index in [1.165, 1.54) is 5.38 Å². The number of aromatic amines is 1. The van der Waals surface area contributed by atoms with Crippen molar-refractivity contribution in [2.75, 3.05) is 6.61 Å². The number of para-hydroxylation sites is 1. The van der Waals surface area contributed by atoms with Crippen molar-refractivity contribution in [2.24, 2.45) is 0 Å². The number of benzene rings is 1. The summed E-state index contributed by atoms with van der Waals surface area (Å²) in [6.45, 7) is 0.918. The smallest absolute Gasteiger partial charge is 0.358 e. The first-order chi connectivity index (χ1) is 15.7. The van der Waals surface area contributed by atoms with Gasteiger partial charge in [0.25, 0.3) is 0 Å². The van der Waals surface area contributed by atoms with Crippen molar-refractivity contribution in [3.8, 4) is 0 Å². The van der Waals surface area contributed by atoms with Crippen LogP contribution in [0.3, 0.4) is 0 Å². The van der Waals surface area contributed by atoms with Gasteiger partial charge in [0.15, 0.2) is 10.7 Å². The third-order valence-corrected chi connectivity index (χ3v) is 5.82. The molecule has 3 heterocycles. The summed E-state index contributed by atoms with van der Waals surface area (Å²) in [5.41, 5.74) is 2.02. The zero-order chi connectivity index (χ0) is 22.3. The molecule has 0 atom stereocenters. The first-order valence-corrected chi connectivity index (χ1v) is 11.3. The van der Waals surface area contributed by atoms with Crippen molar-refractivity contribution in [1.82, 2.24) is 25.0 Å². The van der Waals surface area contributed by atoms with Crippen LogP contribution in [0.2, 0.25) is 0 Å². The SMILES string of the molecule is O=C(OCc1cn(CCCCCCO)nn1)c1csc(C(=O)c2c[nH]c3ccccc23)n1. The number of H-pyrrole nitrogens is 1. The molecule has 0 fully saturated rings. The highest BCUT2D eigenvalue weighted by molar-refractivity contribution is 7.12. The third kappa shape index (κ3) is 5.09. The molecular weight excluding hydrogens is 430 g/mol. The third-order valence-electron chi connectivity index (χ3n) is 4.97. The van der Waals surface area contributed by atoms with E-state index in [0.717, 1.165) is 54.5 Å². The van der Waals surface area contributed by atoms with Gasteiger partial charge in [-0.25, -0.2) is 9.78 Å². The summed E-state index contributed by atoms with van der Waals surface area (Å²) < 4.78 is 6.99. The molecule has 32 heavy (non-hydrogen) atoms. The number of carbonyl (C=O) groups excluding carboxylic acids is 2. The van der Waals surface area contributed by atoms with Gasteiger partial charge in [-0.15, -0.1) is 16.4 Å². The number of thiazole rings is 1. The van der Waals surface area contributed by atoms with Gasteiger partial charge in [-0.2, -0.15) is 0 Å². The van der Waals surface area contributed by atoms with Crippen molar-refractivity contribution in [3.63, 3.8) is 0 Å². The predicted molar refractivity (Wildman–Crippen MR) is 119 cm³/mol. The topological polar surface area (TPSA) is 123 Å². The van der Waals surface area contributed by atoms with Crippen LogP contribution in [-0.2, 0) is 17.9 Å². The molecule has 0 saturated carbocycles. The predicted octanol–water partition coefficient (Wildman–Crippen LogP) is 3.36. The lowest BCUT2D eigenvalue weighted by Crippen LogP contribution is -2.07. The van der Waals surface area contributed by atoms with Crippen LogP contribution in [0.4, 0.5) is 0 Å². The minimum atomic E-state index is -0.613. The number of rotatable bonds is 11. The average molecular weight is 454 g/mol. The summed E-state index contributed by atoms with van der Waals surface area (Å²) in [6.07, 6.45) is 7.13. The van der Waals surface area contributed by atoms with Gasteiger partial charge in [0.05, 0.1) is 11.8 Å². The number of hydrogen-bond donors (Lipinski definition) is 2. The summed E-state index contributed by atoms with van der Waals surface area (Å²) in [4.78, 5) is 32.4. The summed E-state index contributed by atoms with van der Waals surface area (Å²) in [5.74, 6) is -0.855. The van der Waals surface area contributed by atoms with Crippen molar-refractivity contribution in [2.45, 2.75) is 38.8 Å².